The first-order chi connectivity index (χ1) is 11.9. The van der Waals surface area contributed by atoms with E-state index in [9.17, 15) is 18.0 Å². The van der Waals surface area contributed by atoms with Gasteiger partial charge < -0.3 is 14.8 Å². The molecule has 2 aliphatic heterocycles. The summed E-state index contributed by atoms with van der Waals surface area (Å²) >= 11 is 0. The van der Waals surface area contributed by atoms with E-state index >= 15 is 0 Å². The summed E-state index contributed by atoms with van der Waals surface area (Å²) < 4.78 is 39.6. The molecule has 10 heteroatoms. The number of aromatic nitrogens is 4. The number of carbonyl (C=O) groups is 1. The molecule has 0 radical (unpaired) electrons. The second kappa shape index (κ2) is 5.80. The van der Waals surface area contributed by atoms with Gasteiger partial charge in [0.1, 0.15) is 11.5 Å². The van der Waals surface area contributed by atoms with Crippen LogP contribution in [0.3, 0.4) is 0 Å². The minimum atomic E-state index is -4.47. The molecular weight excluding hydrogens is 337 g/mol. The van der Waals surface area contributed by atoms with Crippen LogP contribution in [-0.2, 0) is 24.1 Å². The van der Waals surface area contributed by atoms with Crippen LogP contribution in [0, 0.1) is 5.92 Å². The highest BCUT2D eigenvalue weighted by molar-refractivity contribution is 5.80. The van der Waals surface area contributed by atoms with E-state index in [1.807, 2.05) is 4.57 Å². The Morgan fingerprint density at radius 1 is 1.20 bits per heavy atom. The number of amides is 1. The first-order valence-electron chi connectivity index (χ1n) is 7.87. The Hall–Kier alpha value is -2.49. The third kappa shape index (κ3) is 2.97. The Labute approximate surface area is 140 Å². The van der Waals surface area contributed by atoms with Crippen LogP contribution in [0.5, 0.6) is 0 Å². The number of nitrogens with one attached hydrogen (secondary N) is 1. The number of nitrogens with zero attached hydrogens (tertiary/aromatic N) is 5. The molecule has 0 unspecified atom stereocenters. The molecule has 0 atom stereocenters. The van der Waals surface area contributed by atoms with E-state index in [1.165, 1.54) is 0 Å². The summed E-state index contributed by atoms with van der Waals surface area (Å²) in [4.78, 5) is 26.0. The van der Waals surface area contributed by atoms with Crippen LogP contribution in [-0.4, -0.2) is 50.0 Å². The van der Waals surface area contributed by atoms with Gasteiger partial charge in [0.15, 0.2) is 5.82 Å². The fraction of sp³-hybridized carbons (Fsp3) is 0.467. The zero-order valence-electron chi connectivity index (χ0n) is 13.1. The van der Waals surface area contributed by atoms with Gasteiger partial charge >= 0.3 is 6.18 Å². The lowest BCUT2D eigenvalue weighted by Crippen LogP contribution is -2.53. The van der Waals surface area contributed by atoms with Crippen LogP contribution in [0.15, 0.2) is 18.6 Å². The molecule has 132 valence electrons. The van der Waals surface area contributed by atoms with Gasteiger partial charge in [-0.2, -0.15) is 13.2 Å². The van der Waals surface area contributed by atoms with Crippen molar-refractivity contribution in [3.05, 3.63) is 30.0 Å². The molecular formula is C15H15F3N6O. The zero-order valence-corrected chi connectivity index (χ0v) is 13.1. The highest BCUT2D eigenvalue weighted by Gasteiger charge is 2.33. The van der Waals surface area contributed by atoms with Crippen molar-refractivity contribution in [3.63, 3.8) is 0 Å². The van der Waals surface area contributed by atoms with Crippen LogP contribution in [0.4, 0.5) is 13.2 Å². The molecule has 1 amide bonds. The molecule has 0 aromatic carbocycles. The molecule has 4 rings (SSSR count). The molecule has 0 saturated carbocycles. The Bertz CT molecular complexity index is 797. The average Bonchev–Trinajstić information content (AvgIpc) is 2.95. The third-order valence-corrected chi connectivity index (χ3v) is 4.45. The van der Waals surface area contributed by atoms with E-state index < -0.39 is 11.7 Å². The van der Waals surface area contributed by atoms with Crippen molar-refractivity contribution in [2.45, 2.75) is 19.3 Å². The largest absolute Gasteiger partial charge is 0.419 e. The molecule has 1 fully saturated rings. The van der Waals surface area contributed by atoms with E-state index in [1.54, 1.807) is 11.1 Å². The quantitative estimate of drug-likeness (QED) is 0.870. The molecule has 1 N–H and O–H groups in total. The van der Waals surface area contributed by atoms with E-state index in [2.05, 4.69) is 20.3 Å². The second-order valence-electron chi connectivity index (χ2n) is 6.14. The second-order valence-corrected chi connectivity index (χ2v) is 6.14. The van der Waals surface area contributed by atoms with Gasteiger partial charge in [-0.05, 0) is 0 Å². The molecule has 7 nitrogen and oxygen atoms in total. The predicted octanol–water partition coefficient (Wildman–Crippen LogP) is 0.921. The number of hydrogen-bond acceptors (Lipinski definition) is 5. The predicted molar refractivity (Wildman–Crippen MR) is 80.0 cm³/mol. The van der Waals surface area contributed by atoms with Crippen LogP contribution in [0.1, 0.15) is 11.4 Å². The van der Waals surface area contributed by atoms with Crippen LogP contribution >= 0.6 is 0 Å². The molecule has 4 heterocycles. The number of imidazole rings is 1. The standard InChI is InChI=1S/C15H15F3N6O/c16-15(17,18)10-5-20-13(21-6-10)11-7-23-1-2-24(8-12(23)22-11)14(25)9-3-19-4-9/h5-7,9,19H,1-4,8H2. The van der Waals surface area contributed by atoms with Crippen molar-refractivity contribution in [2.75, 3.05) is 19.6 Å². The van der Waals surface area contributed by atoms with Gasteiger partial charge in [-0.1, -0.05) is 0 Å². The van der Waals surface area contributed by atoms with Crippen molar-refractivity contribution in [1.29, 1.82) is 0 Å². The minimum absolute atomic E-state index is 0.0271. The Morgan fingerprint density at radius 3 is 2.52 bits per heavy atom. The molecule has 0 spiro atoms. The Balaban J connectivity index is 1.53. The lowest BCUT2D eigenvalue weighted by molar-refractivity contribution is -0.139. The number of alkyl halides is 3. The van der Waals surface area contributed by atoms with Crippen molar-refractivity contribution in [1.82, 2.24) is 29.7 Å². The van der Waals surface area contributed by atoms with Gasteiger partial charge in [-0.15, -0.1) is 0 Å². The summed E-state index contributed by atoms with van der Waals surface area (Å²) in [5.41, 5.74) is -0.491. The summed E-state index contributed by atoms with van der Waals surface area (Å²) in [6.45, 7) is 2.97. The first kappa shape index (κ1) is 16.0. The van der Waals surface area contributed by atoms with Crippen molar-refractivity contribution in [3.8, 4) is 11.5 Å². The number of rotatable bonds is 2. The summed E-state index contributed by atoms with van der Waals surface area (Å²) in [5, 5.41) is 3.08. The lowest BCUT2D eigenvalue weighted by Gasteiger charge is -2.34. The smallest absolute Gasteiger partial charge is 0.333 e. The fourth-order valence-corrected chi connectivity index (χ4v) is 2.88. The highest BCUT2D eigenvalue weighted by Crippen LogP contribution is 2.28. The Morgan fingerprint density at radius 2 is 1.92 bits per heavy atom. The first-order valence-corrected chi connectivity index (χ1v) is 7.87. The van der Waals surface area contributed by atoms with Gasteiger partial charge in [0.25, 0.3) is 0 Å². The molecule has 25 heavy (non-hydrogen) atoms. The maximum atomic E-state index is 12.6. The lowest BCUT2D eigenvalue weighted by atomic mass is 10.0. The van der Waals surface area contributed by atoms with Gasteiger partial charge in [-0.25, -0.2) is 15.0 Å². The van der Waals surface area contributed by atoms with Gasteiger partial charge in [0.05, 0.1) is 18.0 Å². The minimum Gasteiger partial charge on any atom is -0.333 e. The third-order valence-electron chi connectivity index (χ3n) is 4.45. The summed E-state index contributed by atoms with van der Waals surface area (Å²) in [6, 6.07) is 0. The van der Waals surface area contributed by atoms with Crippen LogP contribution < -0.4 is 5.32 Å². The number of halogens is 3. The van der Waals surface area contributed by atoms with Gasteiger partial charge in [-0.3, -0.25) is 4.79 Å². The number of fused-ring (bicyclic) bond motifs is 1. The molecule has 2 aromatic heterocycles. The monoisotopic (exact) mass is 352 g/mol. The van der Waals surface area contributed by atoms with Crippen molar-refractivity contribution < 1.29 is 18.0 Å². The van der Waals surface area contributed by atoms with E-state index in [0.29, 0.717) is 44.2 Å². The Kier molecular flexibility index (Phi) is 3.71. The van der Waals surface area contributed by atoms with Crippen LogP contribution in [0.2, 0.25) is 0 Å². The van der Waals surface area contributed by atoms with Crippen molar-refractivity contribution >= 4 is 5.91 Å². The summed E-state index contributed by atoms with van der Waals surface area (Å²) in [5.74, 6) is 0.959. The molecule has 2 aromatic rings. The molecule has 1 saturated heterocycles. The zero-order chi connectivity index (χ0) is 17.6. The van der Waals surface area contributed by atoms with Gasteiger partial charge in [0, 0.05) is 44.8 Å². The highest BCUT2D eigenvalue weighted by atomic mass is 19.4. The van der Waals surface area contributed by atoms with Gasteiger partial charge in [0.2, 0.25) is 5.91 Å². The normalized spacial score (nSPS) is 18.0. The van der Waals surface area contributed by atoms with E-state index in [0.717, 1.165) is 12.4 Å². The SMILES string of the molecule is O=C(C1CNC1)N1CCn2cc(-c3ncc(C(F)(F)F)cn3)nc2C1. The average molecular weight is 352 g/mol. The molecule has 2 aliphatic rings. The van der Waals surface area contributed by atoms with E-state index in [4.69, 9.17) is 0 Å². The molecule has 0 bridgehead atoms. The topological polar surface area (TPSA) is 75.9 Å². The maximum Gasteiger partial charge on any atom is 0.419 e. The van der Waals surface area contributed by atoms with E-state index in [-0.39, 0.29) is 17.6 Å². The fourth-order valence-electron chi connectivity index (χ4n) is 2.88. The van der Waals surface area contributed by atoms with Crippen LogP contribution in [0.25, 0.3) is 11.5 Å². The number of hydrogen-bond donors (Lipinski definition) is 1. The number of carbonyl (C=O) groups excluding carboxylic acids is 1. The van der Waals surface area contributed by atoms with Crippen molar-refractivity contribution in [2.24, 2.45) is 5.92 Å². The summed E-state index contributed by atoms with van der Waals surface area (Å²) in [6.07, 6.45) is -1.26. The molecule has 0 aliphatic carbocycles. The summed E-state index contributed by atoms with van der Waals surface area (Å²) in [7, 11) is 0. The maximum absolute atomic E-state index is 12.6.